The summed E-state index contributed by atoms with van der Waals surface area (Å²) >= 11 is 3.23. The maximum Gasteiger partial charge on any atom is 0.236 e. The third kappa shape index (κ3) is 1.15. The Hall–Kier alpha value is -0.310. The van der Waals surface area contributed by atoms with Crippen molar-refractivity contribution in [3.8, 4) is 0 Å². The number of carbonyl (C=O) groups excluding carboxylic acids is 1. The Morgan fingerprint density at radius 1 is 1.89 bits per heavy atom. The van der Waals surface area contributed by atoms with E-state index in [9.17, 15) is 4.79 Å². The first-order valence-corrected chi connectivity index (χ1v) is 3.72. The van der Waals surface area contributed by atoms with E-state index < -0.39 is 0 Å². The van der Waals surface area contributed by atoms with Gasteiger partial charge in [-0.2, -0.15) is 0 Å². The molecule has 0 aromatic rings. The van der Waals surface area contributed by atoms with E-state index in [0.717, 1.165) is 6.42 Å². The molecule has 0 spiro atoms. The van der Waals surface area contributed by atoms with Crippen molar-refractivity contribution in [3.05, 3.63) is 12.7 Å². The second-order valence-electron chi connectivity index (χ2n) is 2.04. The van der Waals surface area contributed by atoms with Gasteiger partial charge in [-0.15, -0.1) is 6.58 Å². The monoisotopic (exact) mass is 189 g/mol. The summed E-state index contributed by atoms with van der Waals surface area (Å²) < 4.78 is 0. The van der Waals surface area contributed by atoms with E-state index in [0.29, 0.717) is 0 Å². The average Bonchev–Trinajstić information content (AvgIpc) is 1.88. The van der Waals surface area contributed by atoms with Crippen molar-refractivity contribution >= 4 is 21.8 Å². The number of hydrogen-bond acceptors (Lipinski definition) is 1. The maximum atomic E-state index is 10.5. The highest BCUT2D eigenvalue weighted by Gasteiger charge is 2.35. The van der Waals surface area contributed by atoms with Crippen LogP contribution in [0.1, 0.15) is 6.42 Å². The SMILES string of the molecule is C=CCC1NC(=O)C1Br. The van der Waals surface area contributed by atoms with Crippen LogP contribution in [0.3, 0.4) is 0 Å². The van der Waals surface area contributed by atoms with Crippen LogP contribution in [0.15, 0.2) is 12.7 Å². The fourth-order valence-electron chi connectivity index (χ4n) is 0.780. The van der Waals surface area contributed by atoms with Gasteiger partial charge in [0.05, 0.1) is 6.04 Å². The first-order valence-electron chi connectivity index (χ1n) is 2.81. The fraction of sp³-hybridized carbons (Fsp3) is 0.500. The van der Waals surface area contributed by atoms with Crippen molar-refractivity contribution < 1.29 is 4.79 Å². The van der Waals surface area contributed by atoms with Gasteiger partial charge in [-0.3, -0.25) is 4.79 Å². The minimum Gasteiger partial charge on any atom is -0.350 e. The molecule has 0 saturated carbocycles. The van der Waals surface area contributed by atoms with Crippen LogP contribution in [0.25, 0.3) is 0 Å². The molecule has 3 heteroatoms. The molecule has 0 bridgehead atoms. The molecule has 1 heterocycles. The number of nitrogens with one attached hydrogen (secondary N) is 1. The number of β-lactam (4-membered cyclic amide) rings is 1. The van der Waals surface area contributed by atoms with Crippen molar-refractivity contribution in [1.29, 1.82) is 0 Å². The van der Waals surface area contributed by atoms with Gasteiger partial charge in [-0.05, 0) is 6.42 Å². The molecule has 1 saturated heterocycles. The van der Waals surface area contributed by atoms with Gasteiger partial charge in [0.15, 0.2) is 0 Å². The maximum absolute atomic E-state index is 10.5. The van der Waals surface area contributed by atoms with Crippen LogP contribution in [0, 0.1) is 0 Å². The largest absolute Gasteiger partial charge is 0.350 e. The highest BCUT2D eigenvalue weighted by molar-refractivity contribution is 9.10. The Morgan fingerprint density at radius 3 is 2.89 bits per heavy atom. The van der Waals surface area contributed by atoms with Crippen LogP contribution in [0.5, 0.6) is 0 Å². The van der Waals surface area contributed by atoms with Crippen LogP contribution in [0.4, 0.5) is 0 Å². The molecule has 0 radical (unpaired) electrons. The van der Waals surface area contributed by atoms with Crippen LogP contribution in [-0.2, 0) is 4.79 Å². The number of amides is 1. The van der Waals surface area contributed by atoms with Gasteiger partial charge in [0.1, 0.15) is 4.83 Å². The van der Waals surface area contributed by atoms with E-state index in [1.807, 2.05) is 0 Å². The molecule has 0 aromatic carbocycles. The summed E-state index contributed by atoms with van der Waals surface area (Å²) in [6.45, 7) is 3.57. The van der Waals surface area contributed by atoms with E-state index in [2.05, 4.69) is 27.8 Å². The highest BCUT2D eigenvalue weighted by Crippen LogP contribution is 2.18. The predicted octanol–water partition coefficient (Wildman–Crippen LogP) is 0.824. The molecular formula is C6H8BrNO. The molecule has 0 aliphatic carbocycles. The normalized spacial score (nSPS) is 32.8. The minimum atomic E-state index is 0.00972. The van der Waals surface area contributed by atoms with Gasteiger partial charge in [-0.25, -0.2) is 0 Å². The van der Waals surface area contributed by atoms with Crippen molar-refractivity contribution in [1.82, 2.24) is 5.32 Å². The van der Waals surface area contributed by atoms with Gasteiger partial charge in [-0.1, -0.05) is 22.0 Å². The zero-order valence-electron chi connectivity index (χ0n) is 4.93. The lowest BCUT2D eigenvalue weighted by molar-refractivity contribution is -0.126. The summed E-state index contributed by atoms with van der Waals surface area (Å²) in [6.07, 6.45) is 2.65. The fourth-order valence-corrected chi connectivity index (χ4v) is 1.26. The minimum absolute atomic E-state index is 0.00972. The Morgan fingerprint density at radius 2 is 2.56 bits per heavy atom. The Balaban J connectivity index is 2.32. The first-order chi connectivity index (χ1) is 4.25. The molecule has 2 atom stereocenters. The molecule has 0 aromatic heterocycles. The Labute approximate surface area is 62.4 Å². The molecule has 1 rings (SSSR count). The van der Waals surface area contributed by atoms with Gasteiger partial charge in [0, 0.05) is 0 Å². The molecule has 9 heavy (non-hydrogen) atoms. The van der Waals surface area contributed by atoms with Crippen LogP contribution >= 0.6 is 15.9 Å². The molecule has 1 aliphatic heterocycles. The summed E-state index contributed by atoms with van der Waals surface area (Å²) in [5.41, 5.74) is 0. The third-order valence-electron chi connectivity index (χ3n) is 1.35. The van der Waals surface area contributed by atoms with Crippen molar-refractivity contribution in [2.75, 3.05) is 0 Å². The smallest absolute Gasteiger partial charge is 0.236 e. The first kappa shape index (κ1) is 6.81. The highest BCUT2D eigenvalue weighted by atomic mass is 79.9. The number of hydrogen-bond donors (Lipinski definition) is 1. The Bertz CT molecular complexity index is 144. The molecule has 2 unspecified atom stereocenters. The predicted molar refractivity (Wildman–Crippen MR) is 39.5 cm³/mol. The van der Waals surface area contributed by atoms with E-state index >= 15 is 0 Å². The third-order valence-corrected chi connectivity index (χ3v) is 2.41. The van der Waals surface area contributed by atoms with Gasteiger partial charge in [0.2, 0.25) is 5.91 Å². The van der Waals surface area contributed by atoms with E-state index in [1.54, 1.807) is 6.08 Å². The van der Waals surface area contributed by atoms with Crippen molar-refractivity contribution in [2.45, 2.75) is 17.3 Å². The van der Waals surface area contributed by atoms with Gasteiger partial charge >= 0.3 is 0 Å². The second kappa shape index (κ2) is 2.52. The quantitative estimate of drug-likeness (QED) is 0.390. The van der Waals surface area contributed by atoms with Crippen molar-refractivity contribution in [3.63, 3.8) is 0 Å². The molecular weight excluding hydrogens is 182 g/mol. The number of carbonyl (C=O) groups is 1. The number of rotatable bonds is 2. The molecule has 1 amide bonds. The summed E-state index contributed by atoms with van der Waals surface area (Å²) in [5.74, 6) is 0.0850. The zero-order valence-corrected chi connectivity index (χ0v) is 6.52. The summed E-state index contributed by atoms with van der Waals surface area (Å²) in [4.78, 5) is 10.5. The summed E-state index contributed by atoms with van der Waals surface area (Å²) in [6, 6.07) is 0.273. The second-order valence-corrected chi connectivity index (χ2v) is 3.03. The molecule has 50 valence electrons. The molecule has 1 N–H and O–H groups in total. The van der Waals surface area contributed by atoms with Gasteiger partial charge < -0.3 is 5.32 Å². The van der Waals surface area contributed by atoms with E-state index in [4.69, 9.17) is 0 Å². The Kier molecular flexibility index (Phi) is 1.90. The average molecular weight is 190 g/mol. The zero-order chi connectivity index (χ0) is 6.85. The lowest BCUT2D eigenvalue weighted by Gasteiger charge is -2.31. The van der Waals surface area contributed by atoms with Crippen LogP contribution < -0.4 is 5.32 Å². The molecule has 1 fully saturated rings. The number of alkyl halides is 1. The summed E-state index contributed by atoms with van der Waals surface area (Å²) in [7, 11) is 0. The number of halogens is 1. The topological polar surface area (TPSA) is 29.1 Å². The standard InChI is InChI=1S/C6H8BrNO/c1-2-3-4-5(7)6(9)8-4/h2,4-5H,1,3H2,(H,8,9). The molecule has 2 nitrogen and oxygen atoms in total. The van der Waals surface area contributed by atoms with Crippen LogP contribution in [-0.4, -0.2) is 16.8 Å². The molecule has 1 aliphatic rings. The van der Waals surface area contributed by atoms with Crippen molar-refractivity contribution in [2.24, 2.45) is 0 Å². The lowest BCUT2D eigenvalue weighted by atomic mass is 10.0. The van der Waals surface area contributed by atoms with E-state index in [-0.39, 0.29) is 16.8 Å². The lowest BCUT2D eigenvalue weighted by Crippen LogP contribution is -2.58. The summed E-state index contributed by atoms with van der Waals surface area (Å²) in [5, 5.41) is 2.74. The van der Waals surface area contributed by atoms with E-state index in [1.165, 1.54) is 0 Å². The van der Waals surface area contributed by atoms with Crippen LogP contribution in [0.2, 0.25) is 0 Å². The van der Waals surface area contributed by atoms with Gasteiger partial charge in [0.25, 0.3) is 0 Å².